The van der Waals surface area contributed by atoms with Gasteiger partial charge in [0, 0.05) is 25.5 Å². The number of ether oxygens (including phenoxy) is 1. The van der Waals surface area contributed by atoms with Gasteiger partial charge in [-0.2, -0.15) is 0 Å². The number of hydrogen-bond donors (Lipinski definition) is 0. The number of piperidine rings is 1. The Morgan fingerprint density at radius 3 is 2.88 bits per heavy atom. The maximum Gasteiger partial charge on any atom is 0.311 e. The van der Waals surface area contributed by atoms with E-state index in [9.17, 15) is 4.79 Å². The van der Waals surface area contributed by atoms with Gasteiger partial charge >= 0.3 is 5.97 Å². The monoisotopic (exact) mass is 341 g/mol. The normalized spacial score (nSPS) is 30.2. The molecule has 0 N–H and O–H groups in total. The van der Waals surface area contributed by atoms with Gasteiger partial charge in [-0.15, -0.1) is 0 Å². The molecule has 134 valence electrons. The Bertz CT molecular complexity index is 671. The SMILES string of the molecule is CC1(C)[C@H]2CC=C(COC(=O)C3CCCN(c4ncccn4)C3)[C@@H]1C2. The van der Waals surface area contributed by atoms with E-state index in [4.69, 9.17) is 4.74 Å². The molecular weight excluding hydrogens is 314 g/mol. The summed E-state index contributed by atoms with van der Waals surface area (Å²) in [6.45, 7) is 6.71. The van der Waals surface area contributed by atoms with Crippen molar-refractivity contribution in [3.05, 3.63) is 30.1 Å². The minimum absolute atomic E-state index is 0.0687. The summed E-state index contributed by atoms with van der Waals surface area (Å²) in [7, 11) is 0. The van der Waals surface area contributed by atoms with Gasteiger partial charge in [0.1, 0.15) is 6.61 Å². The first-order valence-corrected chi connectivity index (χ1v) is 9.43. The second-order valence-electron chi connectivity index (χ2n) is 8.26. The molecule has 5 heteroatoms. The molecule has 4 aliphatic rings. The smallest absolute Gasteiger partial charge is 0.311 e. The number of nitrogens with zero attached hydrogens (tertiary/aromatic N) is 3. The van der Waals surface area contributed by atoms with Crippen molar-refractivity contribution in [2.45, 2.75) is 39.5 Å². The van der Waals surface area contributed by atoms with Crippen molar-refractivity contribution in [3.63, 3.8) is 0 Å². The molecule has 3 aliphatic carbocycles. The van der Waals surface area contributed by atoms with Crippen LogP contribution in [0, 0.1) is 23.2 Å². The number of carbonyl (C=O) groups excluding carboxylic acids is 1. The molecule has 5 nitrogen and oxygen atoms in total. The molecule has 1 unspecified atom stereocenters. The van der Waals surface area contributed by atoms with Crippen LogP contribution in [0.15, 0.2) is 30.1 Å². The zero-order valence-electron chi connectivity index (χ0n) is 15.1. The Hall–Kier alpha value is -1.91. The van der Waals surface area contributed by atoms with Crippen LogP contribution in [-0.4, -0.2) is 35.6 Å². The largest absolute Gasteiger partial charge is 0.461 e. The van der Waals surface area contributed by atoms with Crippen LogP contribution in [0.4, 0.5) is 5.95 Å². The second kappa shape index (κ2) is 6.43. The maximum absolute atomic E-state index is 12.6. The van der Waals surface area contributed by atoms with Crippen LogP contribution in [0.5, 0.6) is 0 Å². The summed E-state index contributed by atoms with van der Waals surface area (Å²) < 4.78 is 5.72. The van der Waals surface area contributed by atoms with E-state index in [1.165, 1.54) is 12.0 Å². The van der Waals surface area contributed by atoms with Crippen molar-refractivity contribution in [1.82, 2.24) is 9.97 Å². The Labute approximate surface area is 149 Å². The highest BCUT2D eigenvalue weighted by atomic mass is 16.5. The van der Waals surface area contributed by atoms with E-state index in [0.717, 1.165) is 31.7 Å². The first-order chi connectivity index (χ1) is 12.1. The van der Waals surface area contributed by atoms with Gasteiger partial charge in [0.05, 0.1) is 5.92 Å². The molecule has 2 fully saturated rings. The molecule has 0 radical (unpaired) electrons. The van der Waals surface area contributed by atoms with Crippen molar-refractivity contribution in [2.75, 3.05) is 24.6 Å². The first-order valence-electron chi connectivity index (χ1n) is 9.43. The fraction of sp³-hybridized carbons (Fsp3) is 0.650. The second-order valence-corrected chi connectivity index (χ2v) is 8.26. The maximum atomic E-state index is 12.6. The van der Waals surface area contributed by atoms with E-state index in [1.54, 1.807) is 12.4 Å². The highest BCUT2D eigenvalue weighted by molar-refractivity contribution is 5.73. The molecule has 5 rings (SSSR count). The first kappa shape index (κ1) is 16.6. The molecule has 1 saturated carbocycles. The lowest BCUT2D eigenvalue weighted by atomic mass is 9.49. The van der Waals surface area contributed by atoms with Crippen LogP contribution in [0.2, 0.25) is 0 Å². The van der Waals surface area contributed by atoms with Crippen molar-refractivity contribution < 1.29 is 9.53 Å². The molecule has 2 bridgehead atoms. The lowest BCUT2D eigenvalue weighted by molar-refractivity contribution is -0.148. The van der Waals surface area contributed by atoms with Gasteiger partial charge in [0.2, 0.25) is 5.95 Å². The van der Waals surface area contributed by atoms with Crippen molar-refractivity contribution in [3.8, 4) is 0 Å². The molecule has 1 saturated heterocycles. The Morgan fingerprint density at radius 2 is 2.16 bits per heavy atom. The van der Waals surface area contributed by atoms with Gasteiger partial charge in [-0.1, -0.05) is 19.9 Å². The lowest BCUT2D eigenvalue weighted by Crippen LogP contribution is -2.49. The molecule has 1 aliphatic heterocycles. The van der Waals surface area contributed by atoms with Crippen LogP contribution in [0.25, 0.3) is 0 Å². The summed E-state index contributed by atoms with van der Waals surface area (Å²) in [6.07, 6.45) is 10.1. The van der Waals surface area contributed by atoms with Gasteiger partial charge in [-0.3, -0.25) is 4.79 Å². The highest BCUT2D eigenvalue weighted by Crippen LogP contribution is 2.59. The van der Waals surface area contributed by atoms with E-state index in [2.05, 4.69) is 34.8 Å². The van der Waals surface area contributed by atoms with Gasteiger partial charge < -0.3 is 9.64 Å². The number of anilines is 1. The zero-order chi connectivity index (χ0) is 17.4. The summed E-state index contributed by atoms with van der Waals surface area (Å²) in [4.78, 5) is 23.3. The summed E-state index contributed by atoms with van der Waals surface area (Å²) >= 11 is 0. The Kier molecular flexibility index (Phi) is 4.26. The summed E-state index contributed by atoms with van der Waals surface area (Å²) in [5.74, 6) is 1.97. The fourth-order valence-electron chi connectivity index (χ4n) is 4.72. The number of allylic oxidation sites excluding steroid dienone is 1. The van der Waals surface area contributed by atoms with E-state index >= 15 is 0 Å². The number of hydrogen-bond acceptors (Lipinski definition) is 5. The zero-order valence-corrected chi connectivity index (χ0v) is 15.1. The Balaban J connectivity index is 1.33. The molecule has 0 amide bonds. The average Bonchev–Trinajstić information content (AvgIpc) is 2.67. The molecule has 1 aromatic heterocycles. The molecular formula is C20H27N3O2. The molecule has 3 atom stereocenters. The molecule has 0 aromatic carbocycles. The Morgan fingerprint density at radius 1 is 1.36 bits per heavy atom. The van der Waals surface area contributed by atoms with Crippen LogP contribution in [0.1, 0.15) is 39.5 Å². The number of carbonyl (C=O) groups is 1. The third-order valence-corrected chi connectivity index (χ3v) is 6.55. The highest BCUT2D eigenvalue weighted by Gasteiger charge is 2.51. The van der Waals surface area contributed by atoms with Gasteiger partial charge in [0.15, 0.2) is 0 Å². The van der Waals surface area contributed by atoms with Crippen molar-refractivity contribution >= 4 is 11.9 Å². The van der Waals surface area contributed by atoms with Gasteiger partial charge in [-0.05, 0) is 54.6 Å². The molecule has 2 heterocycles. The predicted molar refractivity (Wildman–Crippen MR) is 96.0 cm³/mol. The number of aromatic nitrogens is 2. The molecule has 0 spiro atoms. The summed E-state index contributed by atoms with van der Waals surface area (Å²) in [6, 6.07) is 1.81. The predicted octanol–water partition coefficient (Wildman–Crippen LogP) is 3.23. The van der Waals surface area contributed by atoms with Crippen molar-refractivity contribution in [1.29, 1.82) is 0 Å². The average molecular weight is 341 g/mol. The summed E-state index contributed by atoms with van der Waals surface area (Å²) in [5.41, 5.74) is 1.71. The molecule has 1 aromatic rings. The van der Waals surface area contributed by atoms with E-state index < -0.39 is 0 Å². The van der Waals surface area contributed by atoms with Gasteiger partial charge in [0.25, 0.3) is 0 Å². The molecule has 25 heavy (non-hydrogen) atoms. The number of fused-ring (bicyclic) bond motifs is 1. The van der Waals surface area contributed by atoms with Crippen LogP contribution >= 0.6 is 0 Å². The van der Waals surface area contributed by atoms with E-state index in [-0.39, 0.29) is 11.9 Å². The van der Waals surface area contributed by atoms with E-state index in [0.29, 0.717) is 30.4 Å². The van der Waals surface area contributed by atoms with Crippen LogP contribution in [0.3, 0.4) is 0 Å². The standard InChI is InChI=1S/C20H27N3O2/c1-20(2)16-7-6-15(17(20)11-16)13-25-18(24)14-5-3-10-23(12-14)19-21-8-4-9-22-19/h4,6,8-9,14,16-17H,3,5,7,10-13H2,1-2H3/t14?,16-,17-/m0/s1. The van der Waals surface area contributed by atoms with Crippen molar-refractivity contribution in [2.24, 2.45) is 23.2 Å². The van der Waals surface area contributed by atoms with Crippen LogP contribution < -0.4 is 4.90 Å². The third kappa shape index (κ3) is 3.05. The quantitative estimate of drug-likeness (QED) is 0.622. The topological polar surface area (TPSA) is 55.3 Å². The minimum atomic E-state index is -0.0797. The third-order valence-electron chi connectivity index (χ3n) is 6.55. The van der Waals surface area contributed by atoms with Gasteiger partial charge in [-0.25, -0.2) is 9.97 Å². The van der Waals surface area contributed by atoms with Crippen LogP contribution in [-0.2, 0) is 9.53 Å². The fourth-order valence-corrected chi connectivity index (χ4v) is 4.72. The van der Waals surface area contributed by atoms with E-state index in [1.807, 2.05) is 6.07 Å². The summed E-state index contributed by atoms with van der Waals surface area (Å²) in [5, 5.41) is 0. The number of esters is 1. The minimum Gasteiger partial charge on any atom is -0.461 e. The lowest BCUT2D eigenvalue weighted by Gasteiger charge is -2.56. The number of rotatable bonds is 4.